The van der Waals surface area contributed by atoms with Crippen molar-refractivity contribution in [2.75, 3.05) is 37.6 Å². The summed E-state index contributed by atoms with van der Waals surface area (Å²) >= 11 is 0. The number of benzene rings is 1. The Kier molecular flexibility index (Phi) is 6.09. The maximum atomic E-state index is 12.9. The van der Waals surface area contributed by atoms with Gasteiger partial charge >= 0.3 is 0 Å². The summed E-state index contributed by atoms with van der Waals surface area (Å²) in [5, 5.41) is 2.70. The fourth-order valence-electron chi connectivity index (χ4n) is 3.36. The van der Waals surface area contributed by atoms with Crippen LogP contribution in [0.5, 0.6) is 0 Å². The predicted octanol–water partition coefficient (Wildman–Crippen LogP) is 2.58. The van der Waals surface area contributed by atoms with Crippen LogP contribution < -0.4 is 10.2 Å². The Morgan fingerprint density at radius 2 is 1.86 bits per heavy atom. The molecule has 0 spiro atoms. The molecule has 2 amide bonds. The summed E-state index contributed by atoms with van der Waals surface area (Å²) in [6, 6.07) is 7.92. The van der Waals surface area contributed by atoms with Crippen molar-refractivity contribution in [2.24, 2.45) is 0 Å². The molecule has 0 aliphatic carbocycles. The van der Waals surface area contributed by atoms with Crippen LogP contribution in [0.15, 0.2) is 49.3 Å². The van der Waals surface area contributed by atoms with E-state index in [1.165, 1.54) is 29.2 Å². The van der Waals surface area contributed by atoms with Crippen LogP contribution in [0.3, 0.4) is 0 Å². The van der Waals surface area contributed by atoms with Crippen LogP contribution in [-0.4, -0.2) is 54.4 Å². The number of hydrogen-bond acceptors (Lipinski definition) is 4. The maximum absolute atomic E-state index is 12.9. The van der Waals surface area contributed by atoms with Crippen molar-refractivity contribution in [1.82, 2.24) is 15.2 Å². The lowest BCUT2D eigenvalue weighted by atomic mass is 10.1. The van der Waals surface area contributed by atoms with Gasteiger partial charge in [0.25, 0.3) is 11.8 Å². The maximum Gasteiger partial charge on any atom is 0.255 e. The van der Waals surface area contributed by atoms with E-state index >= 15 is 0 Å². The number of amides is 2. The van der Waals surface area contributed by atoms with Gasteiger partial charge in [-0.25, -0.2) is 0 Å². The van der Waals surface area contributed by atoms with Crippen molar-refractivity contribution in [3.8, 4) is 0 Å². The fraction of sp³-hybridized carbons (Fsp3) is 0.318. The summed E-state index contributed by atoms with van der Waals surface area (Å²) in [5.74, 6) is -0.353. The SMILES string of the molecule is C=CCNC(=O)c1cncc(C(=O)N2CCN(c3cccc(C)c3C)CC2)c1. The normalized spacial score (nSPS) is 13.9. The number of pyridine rings is 1. The van der Waals surface area contributed by atoms with Crippen molar-refractivity contribution in [2.45, 2.75) is 13.8 Å². The van der Waals surface area contributed by atoms with Gasteiger partial charge in [-0.1, -0.05) is 18.2 Å². The molecule has 0 bridgehead atoms. The number of piperazine rings is 1. The summed E-state index contributed by atoms with van der Waals surface area (Å²) in [4.78, 5) is 33.2. The molecule has 28 heavy (non-hydrogen) atoms. The Balaban J connectivity index is 1.66. The van der Waals surface area contributed by atoms with Crippen LogP contribution in [0.1, 0.15) is 31.8 Å². The van der Waals surface area contributed by atoms with Gasteiger partial charge in [-0.15, -0.1) is 6.58 Å². The molecule has 0 atom stereocenters. The number of nitrogens with one attached hydrogen (secondary N) is 1. The number of nitrogens with zero attached hydrogens (tertiary/aromatic N) is 3. The minimum atomic E-state index is -0.262. The second-order valence-electron chi connectivity index (χ2n) is 6.96. The molecule has 146 valence electrons. The molecule has 1 aromatic carbocycles. The molecule has 6 nitrogen and oxygen atoms in total. The van der Waals surface area contributed by atoms with E-state index in [2.05, 4.69) is 53.8 Å². The van der Waals surface area contributed by atoms with Gasteiger partial charge in [0.1, 0.15) is 0 Å². The first kappa shape index (κ1) is 19.6. The van der Waals surface area contributed by atoms with E-state index in [1.54, 1.807) is 12.1 Å². The third kappa shape index (κ3) is 4.22. The van der Waals surface area contributed by atoms with Gasteiger partial charge in [-0.05, 0) is 37.1 Å². The Bertz CT molecular complexity index is 886. The van der Waals surface area contributed by atoms with E-state index in [9.17, 15) is 9.59 Å². The van der Waals surface area contributed by atoms with Crippen LogP contribution >= 0.6 is 0 Å². The number of rotatable bonds is 5. The van der Waals surface area contributed by atoms with E-state index in [1.807, 2.05) is 4.90 Å². The zero-order valence-corrected chi connectivity index (χ0v) is 16.4. The molecule has 0 unspecified atom stereocenters. The minimum Gasteiger partial charge on any atom is -0.368 e. The van der Waals surface area contributed by atoms with Crippen LogP contribution in [0, 0.1) is 13.8 Å². The van der Waals surface area contributed by atoms with Crippen molar-refractivity contribution >= 4 is 17.5 Å². The highest BCUT2D eigenvalue weighted by Gasteiger charge is 2.24. The van der Waals surface area contributed by atoms with E-state index in [0.717, 1.165) is 13.1 Å². The molecular formula is C22H26N4O2. The average Bonchev–Trinajstić information content (AvgIpc) is 2.73. The van der Waals surface area contributed by atoms with Gasteiger partial charge in [0.2, 0.25) is 0 Å². The zero-order valence-electron chi connectivity index (χ0n) is 16.4. The molecule has 2 aromatic rings. The average molecular weight is 378 g/mol. The zero-order chi connectivity index (χ0) is 20.1. The van der Waals surface area contributed by atoms with E-state index in [-0.39, 0.29) is 11.8 Å². The highest BCUT2D eigenvalue weighted by molar-refractivity contribution is 5.99. The Labute approximate surface area is 165 Å². The fourth-order valence-corrected chi connectivity index (χ4v) is 3.36. The molecule has 0 saturated carbocycles. The van der Waals surface area contributed by atoms with E-state index in [0.29, 0.717) is 30.8 Å². The number of carbonyl (C=O) groups is 2. The predicted molar refractivity (Wildman–Crippen MR) is 111 cm³/mol. The van der Waals surface area contributed by atoms with Crippen LogP contribution in [0.2, 0.25) is 0 Å². The largest absolute Gasteiger partial charge is 0.368 e. The van der Waals surface area contributed by atoms with E-state index in [4.69, 9.17) is 0 Å². The standard InChI is InChI=1S/C22H26N4O2/c1-4-8-24-21(27)18-13-19(15-23-14-18)22(28)26-11-9-25(10-12-26)20-7-5-6-16(2)17(20)3/h4-7,13-15H,1,8-12H2,2-3H3,(H,24,27). The van der Waals surface area contributed by atoms with Crippen molar-refractivity contribution in [3.63, 3.8) is 0 Å². The van der Waals surface area contributed by atoms with Crippen LogP contribution in [0.4, 0.5) is 5.69 Å². The second kappa shape index (κ2) is 8.69. The third-order valence-electron chi connectivity index (χ3n) is 5.14. The molecule has 0 radical (unpaired) electrons. The van der Waals surface area contributed by atoms with Crippen LogP contribution in [0.25, 0.3) is 0 Å². The lowest BCUT2D eigenvalue weighted by Gasteiger charge is -2.37. The topological polar surface area (TPSA) is 65.5 Å². The number of aromatic nitrogens is 1. The number of anilines is 1. The molecule has 1 saturated heterocycles. The molecule has 2 heterocycles. The Hall–Kier alpha value is -3.15. The number of aryl methyl sites for hydroxylation is 1. The lowest BCUT2D eigenvalue weighted by Crippen LogP contribution is -2.49. The highest BCUT2D eigenvalue weighted by atomic mass is 16.2. The third-order valence-corrected chi connectivity index (χ3v) is 5.14. The molecule has 3 rings (SSSR count). The van der Waals surface area contributed by atoms with Crippen molar-refractivity contribution in [3.05, 3.63) is 71.6 Å². The molecule has 6 heteroatoms. The Morgan fingerprint density at radius 1 is 1.14 bits per heavy atom. The monoisotopic (exact) mass is 378 g/mol. The lowest BCUT2D eigenvalue weighted by molar-refractivity contribution is 0.0746. The first-order chi connectivity index (χ1) is 13.5. The van der Waals surface area contributed by atoms with Crippen LogP contribution in [-0.2, 0) is 0 Å². The molecule has 1 N–H and O–H groups in total. The summed E-state index contributed by atoms with van der Waals surface area (Å²) < 4.78 is 0. The summed E-state index contributed by atoms with van der Waals surface area (Å²) in [7, 11) is 0. The van der Waals surface area contributed by atoms with Crippen molar-refractivity contribution in [1.29, 1.82) is 0 Å². The minimum absolute atomic E-state index is 0.0912. The first-order valence-electron chi connectivity index (χ1n) is 9.46. The quantitative estimate of drug-likeness (QED) is 0.812. The van der Waals surface area contributed by atoms with Crippen molar-refractivity contribution < 1.29 is 9.59 Å². The van der Waals surface area contributed by atoms with Gasteiger partial charge < -0.3 is 15.1 Å². The van der Waals surface area contributed by atoms with Gasteiger partial charge in [0.05, 0.1) is 11.1 Å². The highest BCUT2D eigenvalue weighted by Crippen LogP contribution is 2.24. The second-order valence-corrected chi connectivity index (χ2v) is 6.96. The summed E-state index contributed by atoms with van der Waals surface area (Å²) in [6.45, 7) is 11.0. The smallest absolute Gasteiger partial charge is 0.255 e. The van der Waals surface area contributed by atoms with Gasteiger partial charge in [0, 0.05) is 50.8 Å². The van der Waals surface area contributed by atoms with Gasteiger partial charge in [-0.3, -0.25) is 14.6 Å². The molecular weight excluding hydrogens is 352 g/mol. The summed E-state index contributed by atoms with van der Waals surface area (Å²) in [6.07, 6.45) is 4.59. The number of carbonyl (C=O) groups excluding carboxylic acids is 2. The van der Waals surface area contributed by atoms with Gasteiger partial charge in [0.15, 0.2) is 0 Å². The molecule has 1 aromatic heterocycles. The molecule has 1 aliphatic rings. The first-order valence-corrected chi connectivity index (χ1v) is 9.46. The van der Waals surface area contributed by atoms with E-state index < -0.39 is 0 Å². The number of hydrogen-bond donors (Lipinski definition) is 1. The Morgan fingerprint density at radius 3 is 2.57 bits per heavy atom. The molecule has 1 aliphatic heterocycles. The summed E-state index contributed by atoms with van der Waals surface area (Å²) in [5.41, 5.74) is 4.60. The van der Waals surface area contributed by atoms with Gasteiger partial charge in [-0.2, -0.15) is 0 Å². The molecule has 1 fully saturated rings.